The van der Waals surface area contributed by atoms with Gasteiger partial charge in [0, 0.05) is 31.8 Å². The minimum atomic E-state index is -0.939. The van der Waals surface area contributed by atoms with Gasteiger partial charge in [0.1, 0.15) is 6.04 Å². The van der Waals surface area contributed by atoms with E-state index in [9.17, 15) is 19.2 Å². The summed E-state index contributed by atoms with van der Waals surface area (Å²) in [6.45, 7) is 1.96. The van der Waals surface area contributed by atoms with Crippen LogP contribution in [0.3, 0.4) is 0 Å². The number of nitrogens with one attached hydrogen (secondary N) is 1. The Kier molecular flexibility index (Phi) is 5.36. The summed E-state index contributed by atoms with van der Waals surface area (Å²) in [6, 6.07) is 4.32. The Morgan fingerprint density at radius 1 is 1.00 bits per heavy atom. The molecule has 3 aliphatic rings. The number of hydrogen-bond donors (Lipinski definition) is 2. The molecule has 2 N–H and O–H groups in total. The van der Waals surface area contributed by atoms with Crippen molar-refractivity contribution in [3.05, 3.63) is 29.3 Å². The molecule has 4 rings (SSSR count). The Bertz CT molecular complexity index is 860. The molecule has 1 unspecified atom stereocenters. The number of piperidine rings is 2. The van der Waals surface area contributed by atoms with Gasteiger partial charge in [-0.3, -0.25) is 29.4 Å². The summed E-state index contributed by atoms with van der Waals surface area (Å²) in [5.74, 6) is -1.32. The van der Waals surface area contributed by atoms with Crippen molar-refractivity contribution in [3.8, 4) is 0 Å². The number of benzene rings is 1. The largest absolute Gasteiger partial charge is 0.396 e. The quantitative estimate of drug-likeness (QED) is 0.718. The Morgan fingerprint density at radius 3 is 2.41 bits per heavy atom. The third kappa shape index (κ3) is 3.64. The van der Waals surface area contributed by atoms with Gasteiger partial charge in [0.2, 0.25) is 11.8 Å². The fourth-order valence-electron chi connectivity index (χ4n) is 4.52. The van der Waals surface area contributed by atoms with E-state index in [1.807, 2.05) is 6.07 Å². The van der Waals surface area contributed by atoms with Gasteiger partial charge in [0.25, 0.3) is 11.8 Å². The molecule has 3 heterocycles. The van der Waals surface area contributed by atoms with Crippen molar-refractivity contribution < 1.29 is 24.3 Å². The highest BCUT2D eigenvalue weighted by atomic mass is 16.3. The minimum absolute atomic E-state index is 0.111. The Balaban J connectivity index is 1.49. The summed E-state index contributed by atoms with van der Waals surface area (Å²) < 4.78 is 0. The van der Waals surface area contributed by atoms with E-state index in [4.69, 9.17) is 5.11 Å². The van der Waals surface area contributed by atoms with E-state index in [1.54, 1.807) is 12.1 Å². The van der Waals surface area contributed by atoms with Crippen molar-refractivity contribution in [2.24, 2.45) is 5.92 Å². The zero-order valence-electron chi connectivity index (χ0n) is 16.2. The molecule has 2 fully saturated rings. The first kappa shape index (κ1) is 19.6. The molecular formula is C21H25N3O5. The van der Waals surface area contributed by atoms with E-state index in [0.29, 0.717) is 17.0 Å². The normalized spacial score (nSPS) is 22.9. The van der Waals surface area contributed by atoms with Crippen LogP contribution in [0.25, 0.3) is 0 Å². The second-order valence-electron chi connectivity index (χ2n) is 7.97. The number of aliphatic hydroxyl groups excluding tert-OH is 1. The van der Waals surface area contributed by atoms with Gasteiger partial charge in [-0.05, 0) is 56.2 Å². The van der Waals surface area contributed by atoms with E-state index in [-0.39, 0.29) is 25.4 Å². The Morgan fingerprint density at radius 2 is 1.72 bits per heavy atom. The highest BCUT2D eigenvalue weighted by molar-refractivity contribution is 6.23. The Hall–Kier alpha value is -2.74. The average Bonchev–Trinajstić information content (AvgIpc) is 2.97. The number of fused-ring (bicyclic) bond motifs is 1. The number of carbonyl (C=O) groups is 4. The zero-order valence-corrected chi connectivity index (χ0v) is 16.2. The summed E-state index contributed by atoms with van der Waals surface area (Å²) in [4.78, 5) is 52.4. The lowest BCUT2D eigenvalue weighted by molar-refractivity contribution is -0.136. The third-order valence-electron chi connectivity index (χ3n) is 6.17. The fourth-order valence-corrected chi connectivity index (χ4v) is 4.52. The lowest BCUT2D eigenvalue weighted by atomic mass is 9.92. The van der Waals surface area contributed by atoms with E-state index >= 15 is 0 Å². The molecule has 1 aromatic carbocycles. The SMILES string of the molecule is O=C1CCC(N2C(=O)c3ccc(N4CCC(CCCO)CC4)cc3C2=O)C(=O)N1. The van der Waals surface area contributed by atoms with Crippen LogP contribution in [0.1, 0.15) is 59.2 Å². The van der Waals surface area contributed by atoms with Crippen LogP contribution >= 0.6 is 0 Å². The molecule has 0 aliphatic carbocycles. The number of anilines is 1. The second kappa shape index (κ2) is 7.94. The van der Waals surface area contributed by atoms with Gasteiger partial charge in [-0.15, -0.1) is 0 Å². The van der Waals surface area contributed by atoms with Gasteiger partial charge in [0.15, 0.2) is 0 Å². The predicted octanol–water partition coefficient (Wildman–Crippen LogP) is 1.08. The van der Waals surface area contributed by atoms with E-state index < -0.39 is 23.8 Å². The van der Waals surface area contributed by atoms with Gasteiger partial charge in [-0.1, -0.05) is 0 Å². The fraction of sp³-hybridized carbons (Fsp3) is 0.524. The molecule has 0 radical (unpaired) electrons. The topological polar surface area (TPSA) is 107 Å². The molecule has 1 aromatic rings. The third-order valence-corrected chi connectivity index (χ3v) is 6.17. The van der Waals surface area contributed by atoms with E-state index in [0.717, 1.165) is 49.4 Å². The van der Waals surface area contributed by atoms with Crippen molar-refractivity contribution in [1.29, 1.82) is 0 Å². The van der Waals surface area contributed by atoms with Gasteiger partial charge in [-0.25, -0.2) is 0 Å². The molecule has 4 amide bonds. The monoisotopic (exact) mass is 399 g/mol. The minimum Gasteiger partial charge on any atom is -0.396 e. The average molecular weight is 399 g/mol. The molecule has 2 saturated heterocycles. The van der Waals surface area contributed by atoms with Crippen LogP contribution in [-0.2, 0) is 9.59 Å². The molecule has 0 bridgehead atoms. The lowest BCUT2D eigenvalue weighted by Gasteiger charge is -2.33. The molecule has 0 saturated carbocycles. The molecule has 1 atom stereocenters. The van der Waals surface area contributed by atoms with Crippen molar-refractivity contribution >= 4 is 29.3 Å². The van der Waals surface area contributed by atoms with Gasteiger partial charge >= 0.3 is 0 Å². The number of imide groups is 2. The van der Waals surface area contributed by atoms with Gasteiger partial charge in [0.05, 0.1) is 11.1 Å². The summed E-state index contributed by atoms with van der Waals surface area (Å²) in [7, 11) is 0. The van der Waals surface area contributed by atoms with Crippen LogP contribution in [0.2, 0.25) is 0 Å². The van der Waals surface area contributed by atoms with Crippen LogP contribution in [0.15, 0.2) is 18.2 Å². The van der Waals surface area contributed by atoms with Crippen LogP contribution in [0.5, 0.6) is 0 Å². The molecule has 29 heavy (non-hydrogen) atoms. The summed E-state index contributed by atoms with van der Waals surface area (Å²) in [5, 5.41) is 11.2. The molecule has 0 aromatic heterocycles. The highest BCUT2D eigenvalue weighted by Crippen LogP contribution is 2.32. The maximum absolute atomic E-state index is 12.9. The maximum Gasteiger partial charge on any atom is 0.262 e. The van der Waals surface area contributed by atoms with E-state index in [1.165, 1.54) is 0 Å². The Labute approximate surface area is 168 Å². The van der Waals surface area contributed by atoms with Crippen molar-refractivity contribution in [1.82, 2.24) is 10.2 Å². The smallest absolute Gasteiger partial charge is 0.262 e. The first-order valence-corrected chi connectivity index (χ1v) is 10.2. The molecule has 8 heteroatoms. The number of aliphatic hydroxyl groups is 1. The van der Waals surface area contributed by atoms with Crippen molar-refractivity contribution in [2.75, 3.05) is 24.6 Å². The lowest BCUT2D eigenvalue weighted by Crippen LogP contribution is -2.54. The highest BCUT2D eigenvalue weighted by Gasteiger charge is 2.44. The summed E-state index contributed by atoms with van der Waals surface area (Å²) in [6.07, 6.45) is 4.20. The molecule has 154 valence electrons. The standard InChI is InChI=1S/C21H25N3O5/c25-11-1-2-13-7-9-23(10-8-13)14-3-4-15-16(12-14)21(29)24(20(15)28)17-5-6-18(26)22-19(17)27/h3-4,12-13,17,25H,1-2,5-11H2,(H,22,26,27). The molecule has 0 spiro atoms. The summed E-state index contributed by atoms with van der Waals surface area (Å²) >= 11 is 0. The number of hydrogen-bond acceptors (Lipinski definition) is 6. The predicted molar refractivity (Wildman–Crippen MR) is 104 cm³/mol. The number of carbonyl (C=O) groups excluding carboxylic acids is 4. The number of amides is 4. The van der Waals surface area contributed by atoms with Crippen LogP contribution in [0, 0.1) is 5.92 Å². The van der Waals surface area contributed by atoms with Crippen molar-refractivity contribution in [2.45, 2.75) is 44.6 Å². The maximum atomic E-state index is 12.9. The second-order valence-corrected chi connectivity index (χ2v) is 7.97. The first-order valence-electron chi connectivity index (χ1n) is 10.2. The van der Waals surface area contributed by atoms with Crippen molar-refractivity contribution in [3.63, 3.8) is 0 Å². The number of rotatable bonds is 5. The van der Waals surface area contributed by atoms with Gasteiger partial charge in [-0.2, -0.15) is 0 Å². The molecule has 8 nitrogen and oxygen atoms in total. The first-order chi connectivity index (χ1) is 14.0. The van der Waals surface area contributed by atoms with Crippen LogP contribution in [-0.4, -0.2) is 59.4 Å². The van der Waals surface area contributed by atoms with Crippen LogP contribution < -0.4 is 10.2 Å². The van der Waals surface area contributed by atoms with Crippen LogP contribution in [0.4, 0.5) is 5.69 Å². The summed E-state index contributed by atoms with van der Waals surface area (Å²) in [5.41, 5.74) is 1.52. The number of nitrogens with zero attached hydrogens (tertiary/aromatic N) is 2. The van der Waals surface area contributed by atoms with Gasteiger partial charge < -0.3 is 10.0 Å². The van der Waals surface area contributed by atoms with E-state index in [2.05, 4.69) is 10.2 Å². The molecular weight excluding hydrogens is 374 g/mol. The zero-order chi connectivity index (χ0) is 20.5. The molecule has 3 aliphatic heterocycles.